The fourth-order valence-electron chi connectivity index (χ4n) is 3.53. The van der Waals surface area contributed by atoms with E-state index in [1.807, 2.05) is 18.2 Å². The summed E-state index contributed by atoms with van der Waals surface area (Å²) in [5, 5.41) is 9.01. The van der Waals surface area contributed by atoms with Crippen molar-refractivity contribution in [3.8, 4) is 33.1 Å². The molecule has 6 heterocycles. The lowest BCUT2D eigenvalue weighted by molar-refractivity contribution is 0.657. The number of pyridine rings is 2. The second-order valence-electron chi connectivity index (χ2n) is 6.73. The van der Waals surface area contributed by atoms with E-state index in [9.17, 15) is 4.39 Å². The number of fused-ring (bicyclic) bond motifs is 2. The second kappa shape index (κ2) is 6.53. The highest BCUT2D eigenvalue weighted by Gasteiger charge is 2.16. The third-order valence-electron chi connectivity index (χ3n) is 4.92. The van der Waals surface area contributed by atoms with Crippen LogP contribution in [0.5, 0.6) is 0 Å². The molecule has 6 aromatic rings. The number of rotatable bonds is 3. The summed E-state index contributed by atoms with van der Waals surface area (Å²) in [7, 11) is 0. The van der Waals surface area contributed by atoms with E-state index < -0.39 is 0 Å². The standard InChI is InChI=1S/C21H12FN7S/c22-18-2-1-17(30-18)20-13-6-16(27-15(13)3-4-25-20)19-14-5-11(9-26-21(14)29-28-19)12-7-23-10-24-8-12/h1-10,27H,(H,26,28,29). The van der Waals surface area contributed by atoms with Crippen LogP contribution in [-0.4, -0.2) is 35.1 Å². The first-order chi connectivity index (χ1) is 14.8. The van der Waals surface area contributed by atoms with Gasteiger partial charge in [-0.1, -0.05) is 0 Å². The lowest BCUT2D eigenvalue weighted by Gasteiger charge is -2.00. The molecule has 0 aliphatic rings. The van der Waals surface area contributed by atoms with E-state index in [2.05, 4.69) is 35.1 Å². The minimum Gasteiger partial charge on any atom is -0.353 e. The van der Waals surface area contributed by atoms with Gasteiger partial charge in [-0.05, 0) is 30.3 Å². The van der Waals surface area contributed by atoms with Gasteiger partial charge in [-0.3, -0.25) is 10.1 Å². The van der Waals surface area contributed by atoms with Crippen LogP contribution in [0.1, 0.15) is 0 Å². The van der Waals surface area contributed by atoms with Crippen molar-refractivity contribution in [2.45, 2.75) is 0 Å². The van der Waals surface area contributed by atoms with E-state index in [-0.39, 0.29) is 5.13 Å². The molecular formula is C21H12FN7S. The van der Waals surface area contributed by atoms with Crippen molar-refractivity contribution in [2.24, 2.45) is 0 Å². The van der Waals surface area contributed by atoms with Gasteiger partial charge in [-0.25, -0.2) is 15.0 Å². The molecule has 0 aromatic carbocycles. The molecule has 0 spiro atoms. The summed E-state index contributed by atoms with van der Waals surface area (Å²) in [6, 6.07) is 9.10. The average Bonchev–Trinajstić information content (AvgIpc) is 3.51. The van der Waals surface area contributed by atoms with Gasteiger partial charge in [-0.15, -0.1) is 11.3 Å². The van der Waals surface area contributed by atoms with E-state index in [1.165, 1.54) is 12.4 Å². The van der Waals surface area contributed by atoms with Crippen LogP contribution in [-0.2, 0) is 0 Å². The van der Waals surface area contributed by atoms with Crippen molar-refractivity contribution < 1.29 is 4.39 Å². The first kappa shape index (κ1) is 16.9. The summed E-state index contributed by atoms with van der Waals surface area (Å²) < 4.78 is 13.5. The topological polar surface area (TPSA) is 96.0 Å². The minimum atomic E-state index is -0.235. The maximum atomic E-state index is 13.5. The van der Waals surface area contributed by atoms with E-state index in [4.69, 9.17) is 0 Å². The van der Waals surface area contributed by atoms with Gasteiger partial charge in [0.05, 0.1) is 16.3 Å². The normalized spacial score (nSPS) is 11.5. The van der Waals surface area contributed by atoms with Crippen LogP contribution in [0, 0.1) is 5.13 Å². The highest BCUT2D eigenvalue weighted by atomic mass is 32.1. The molecule has 0 aliphatic carbocycles. The molecule has 0 saturated heterocycles. The van der Waals surface area contributed by atoms with Crippen molar-refractivity contribution in [2.75, 3.05) is 0 Å². The molecule has 0 amide bonds. The van der Waals surface area contributed by atoms with Gasteiger partial charge in [-0.2, -0.15) is 9.49 Å². The molecule has 0 aliphatic heterocycles. The van der Waals surface area contributed by atoms with E-state index >= 15 is 0 Å². The zero-order valence-electron chi connectivity index (χ0n) is 15.3. The summed E-state index contributed by atoms with van der Waals surface area (Å²) in [4.78, 5) is 21.3. The number of aromatic nitrogens is 7. The first-order valence-corrected chi connectivity index (χ1v) is 9.91. The third kappa shape index (κ3) is 2.67. The van der Waals surface area contributed by atoms with E-state index in [0.29, 0.717) is 5.65 Å². The number of halogens is 1. The number of nitrogens with zero attached hydrogens (tertiary/aromatic N) is 5. The number of nitrogens with one attached hydrogen (secondary N) is 2. The molecule has 9 heteroatoms. The summed E-state index contributed by atoms with van der Waals surface area (Å²) in [6.07, 6.45) is 8.47. The van der Waals surface area contributed by atoms with Crippen LogP contribution in [0.2, 0.25) is 0 Å². The maximum absolute atomic E-state index is 13.5. The fraction of sp³-hybridized carbons (Fsp3) is 0. The molecule has 0 unspecified atom stereocenters. The average molecular weight is 413 g/mol. The Hall–Kier alpha value is -3.98. The van der Waals surface area contributed by atoms with Gasteiger partial charge >= 0.3 is 0 Å². The molecule has 6 rings (SSSR count). The van der Waals surface area contributed by atoms with Crippen LogP contribution >= 0.6 is 11.3 Å². The zero-order chi connectivity index (χ0) is 20.1. The lowest BCUT2D eigenvalue weighted by atomic mass is 10.1. The first-order valence-electron chi connectivity index (χ1n) is 9.09. The molecule has 0 atom stereocenters. The largest absolute Gasteiger partial charge is 0.353 e. The van der Waals surface area contributed by atoms with Gasteiger partial charge in [0.2, 0.25) is 0 Å². The molecule has 6 aromatic heterocycles. The quantitative estimate of drug-likeness (QED) is 0.433. The van der Waals surface area contributed by atoms with Crippen LogP contribution in [0.3, 0.4) is 0 Å². The van der Waals surface area contributed by atoms with Gasteiger partial charge < -0.3 is 4.98 Å². The number of aromatic amines is 2. The molecule has 2 N–H and O–H groups in total. The highest BCUT2D eigenvalue weighted by molar-refractivity contribution is 7.13. The Kier molecular flexibility index (Phi) is 3.68. The number of hydrogen-bond donors (Lipinski definition) is 2. The third-order valence-corrected chi connectivity index (χ3v) is 5.80. The van der Waals surface area contributed by atoms with Crippen LogP contribution in [0.15, 0.2) is 61.4 Å². The smallest absolute Gasteiger partial charge is 0.177 e. The summed E-state index contributed by atoms with van der Waals surface area (Å²) in [5.41, 5.74) is 5.68. The Morgan fingerprint density at radius 1 is 0.867 bits per heavy atom. The monoisotopic (exact) mass is 413 g/mol. The van der Waals surface area contributed by atoms with Crippen LogP contribution in [0.4, 0.5) is 4.39 Å². The van der Waals surface area contributed by atoms with E-state index in [1.54, 1.807) is 30.9 Å². The van der Waals surface area contributed by atoms with Gasteiger partial charge in [0.25, 0.3) is 0 Å². The molecular weight excluding hydrogens is 401 g/mol. The lowest BCUT2D eigenvalue weighted by Crippen LogP contribution is -1.85. The Morgan fingerprint density at radius 3 is 2.60 bits per heavy atom. The van der Waals surface area contributed by atoms with Crippen molar-refractivity contribution in [3.63, 3.8) is 0 Å². The second-order valence-corrected chi connectivity index (χ2v) is 7.76. The summed E-state index contributed by atoms with van der Waals surface area (Å²) >= 11 is 1.08. The molecule has 144 valence electrons. The van der Waals surface area contributed by atoms with E-state index in [0.717, 1.165) is 60.7 Å². The highest BCUT2D eigenvalue weighted by Crippen LogP contribution is 2.35. The molecule has 30 heavy (non-hydrogen) atoms. The Bertz CT molecular complexity index is 1520. The molecule has 0 saturated carbocycles. The number of H-pyrrole nitrogens is 2. The number of thiophene rings is 1. The summed E-state index contributed by atoms with van der Waals surface area (Å²) in [5.74, 6) is 0. The minimum absolute atomic E-state index is 0.235. The van der Waals surface area contributed by atoms with Crippen LogP contribution in [0.25, 0.3) is 55.0 Å². The van der Waals surface area contributed by atoms with Gasteiger partial charge in [0, 0.05) is 52.2 Å². The Labute approximate surface area is 172 Å². The predicted molar refractivity (Wildman–Crippen MR) is 113 cm³/mol. The Balaban J connectivity index is 1.52. The van der Waals surface area contributed by atoms with Gasteiger partial charge in [0.1, 0.15) is 12.0 Å². The molecule has 0 bridgehead atoms. The maximum Gasteiger partial charge on any atom is 0.177 e. The van der Waals surface area contributed by atoms with Crippen molar-refractivity contribution in [1.82, 2.24) is 35.1 Å². The van der Waals surface area contributed by atoms with Crippen molar-refractivity contribution >= 4 is 33.3 Å². The van der Waals surface area contributed by atoms with Crippen molar-refractivity contribution in [1.29, 1.82) is 0 Å². The predicted octanol–water partition coefficient (Wildman–Crippen LogP) is 4.83. The van der Waals surface area contributed by atoms with Crippen LogP contribution < -0.4 is 0 Å². The van der Waals surface area contributed by atoms with Gasteiger partial charge in [0.15, 0.2) is 10.8 Å². The zero-order valence-corrected chi connectivity index (χ0v) is 16.1. The SMILES string of the molecule is Fc1ccc(-c2nccc3[nH]c(-c4n[nH]c5ncc(-c6cncnc6)cc45)cc23)s1. The molecule has 7 nitrogen and oxygen atoms in total. The molecule has 0 radical (unpaired) electrons. The van der Waals surface area contributed by atoms with Crippen molar-refractivity contribution in [3.05, 3.63) is 66.6 Å². The molecule has 0 fully saturated rings. The fourth-order valence-corrected chi connectivity index (χ4v) is 4.28. The Morgan fingerprint density at radius 2 is 1.77 bits per heavy atom. The number of hydrogen-bond acceptors (Lipinski definition) is 6. The summed E-state index contributed by atoms with van der Waals surface area (Å²) in [6.45, 7) is 0.